The molecule has 4 nitrogen and oxygen atoms in total. The van der Waals surface area contributed by atoms with Crippen molar-refractivity contribution in [2.75, 3.05) is 17.7 Å². The highest BCUT2D eigenvalue weighted by Gasteiger charge is 2.19. The van der Waals surface area contributed by atoms with Crippen LogP contribution in [-0.4, -0.2) is 21.8 Å². The molecule has 0 atom stereocenters. The van der Waals surface area contributed by atoms with Crippen LogP contribution in [0.25, 0.3) is 0 Å². The first-order chi connectivity index (χ1) is 10.8. The Kier molecular flexibility index (Phi) is 5.92. The summed E-state index contributed by atoms with van der Waals surface area (Å²) in [7, 11) is -1.86. The molecular weight excluding hydrogens is 357 g/mol. The van der Waals surface area contributed by atoms with Crippen LogP contribution >= 0.6 is 23.2 Å². The molecule has 0 aliphatic heterocycles. The van der Waals surface area contributed by atoms with Crippen LogP contribution in [-0.2, 0) is 27.9 Å². The van der Waals surface area contributed by atoms with Crippen LogP contribution in [0.2, 0.25) is 10.0 Å². The maximum absolute atomic E-state index is 12.2. The molecule has 0 saturated heterocycles. The monoisotopic (exact) mass is 373 g/mol. The summed E-state index contributed by atoms with van der Waals surface area (Å²) in [5.41, 5.74) is 2.17. The van der Waals surface area contributed by atoms with Crippen molar-refractivity contribution in [3.8, 4) is 0 Å². The minimum atomic E-state index is -3.47. The Morgan fingerprint density at radius 1 is 1.09 bits per heavy atom. The van der Waals surface area contributed by atoms with E-state index in [1.807, 2.05) is 12.1 Å². The van der Waals surface area contributed by atoms with E-state index in [0.29, 0.717) is 27.9 Å². The number of nitrogens with zero attached hydrogens (tertiary/aromatic N) is 1. The number of benzene rings is 2. The largest absolute Gasteiger partial charge is 0.380 e. The average molecular weight is 374 g/mol. The van der Waals surface area contributed by atoms with Gasteiger partial charge in [-0.1, -0.05) is 47.5 Å². The second-order valence-electron chi connectivity index (χ2n) is 5.08. The molecule has 0 aromatic heterocycles. The van der Waals surface area contributed by atoms with Crippen LogP contribution in [0.3, 0.4) is 0 Å². The van der Waals surface area contributed by atoms with Gasteiger partial charge < -0.3 is 4.74 Å². The molecule has 0 fully saturated rings. The van der Waals surface area contributed by atoms with Gasteiger partial charge in [0.25, 0.3) is 0 Å². The summed E-state index contributed by atoms with van der Waals surface area (Å²) in [5, 5.41) is 0.756. The van der Waals surface area contributed by atoms with E-state index in [-0.39, 0.29) is 6.54 Å². The number of anilines is 1. The van der Waals surface area contributed by atoms with Crippen LogP contribution < -0.4 is 4.31 Å². The number of halogens is 2. The number of ether oxygens (including phenoxy) is 1. The summed E-state index contributed by atoms with van der Waals surface area (Å²) < 4.78 is 30.7. The summed E-state index contributed by atoms with van der Waals surface area (Å²) in [6.07, 6.45) is 1.16. The predicted molar refractivity (Wildman–Crippen MR) is 94.6 cm³/mol. The zero-order chi connectivity index (χ0) is 17.0. The van der Waals surface area contributed by atoms with E-state index in [4.69, 9.17) is 27.9 Å². The van der Waals surface area contributed by atoms with Gasteiger partial charge in [-0.25, -0.2) is 8.42 Å². The highest BCUT2D eigenvalue weighted by atomic mass is 35.5. The second-order valence-corrected chi connectivity index (χ2v) is 7.77. The zero-order valence-corrected chi connectivity index (χ0v) is 15.1. The lowest BCUT2D eigenvalue weighted by Crippen LogP contribution is -2.29. The molecule has 0 spiro atoms. The van der Waals surface area contributed by atoms with Crippen molar-refractivity contribution in [1.29, 1.82) is 0 Å². The number of sulfonamides is 1. The molecule has 23 heavy (non-hydrogen) atoms. The molecule has 124 valence electrons. The zero-order valence-electron chi connectivity index (χ0n) is 12.8. The fourth-order valence-corrected chi connectivity index (χ4v) is 3.41. The van der Waals surface area contributed by atoms with Crippen LogP contribution in [0, 0.1) is 0 Å². The van der Waals surface area contributed by atoms with Gasteiger partial charge in [-0.05, 0) is 29.3 Å². The molecule has 0 radical (unpaired) electrons. The Morgan fingerprint density at radius 3 is 2.30 bits per heavy atom. The lowest BCUT2D eigenvalue weighted by atomic mass is 10.2. The first-order valence-corrected chi connectivity index (χ1v) is 9.42. The van der Waals surface area contributed by atoms with Gasteiger partial charge in [-0.2, -0.15) is 0 Å². The van der Waals surface area contributed by atoms with Crippen LogP contribution in [0.1, 0.15) is 11.1 Å². The van der Waals surface area contributed by atoms with Gasteiger partial charge in [-0.3, -0.25) is 4.31 Å². The second kappa shape index (κ2) is 7.53. The van der Waals surface area contributed by atoms with Crippen molar-refractivity contribution in [1.82, 2.24) is 0 Å². The first kappa shape index (κ1) is 18.1. The third-order valence-electron chi connectivity index (χ3n) is 3.28. The van der Waals surface area contributed by atoms with Gasteiger partial charge >= 0.3 is 0 Å². The van der Waals surface area contributed by atoms with Gasteiger partial charge in [-0.15, -0.1) is 0 Å². The van der Waals surface area contributed by atoms with E-state index in [0.717, 1.165) is 11.8 Å². The van der Waals surface area contributed by atoms with Gasteiger partial charge in [0.15, 0.2) is 0 Å². The third kappa shape index (κ3) is 4.61. The van der Waals surface area contributed by atoms with Crippen LogP contribution in [0.4, 0.5) is 5.69 Å². The maximum Gasteiger partial charge on any atom is 0.232 e. The molecule has 0 heterocycles. The van der Waals surface area contributed by atoms with E-state index in [1.54, 1.807) is 37.4 Å². The Labute approximate surface area is 146 Å². The van der Waals surface area contributed by atoms with Crippen molar-refractivity contribution >= 4 is 38.9 Å². The smallest absolute Gasteiger partial charge is 0.232 e. The third-order valence-corrected chi connectivity index (χ3v) is 5.28. The average Bonchev–Trinajstić information content (AvgIpc) is 2.49. The fourth-order valence-electron chi connectivity index (χ4n) is 2.15. The van der Waals surface area contributed by atoms with Crippen molar-refractivity contribution < 1.29 is 13.2 Å². The topological polar surface area (TPSA) is 46.6 Å². The predicted octanol–water partition coefficient (Wildman–Crippen LogP) is 4.11. The van der Waals surface area contributed by atoms with Crippen LogP contribution in [0.15, 0.2) is 42.5 Å². The molecule has 2 rings (SSSR count). The highest BCUT2D eigenvalue weighted by Crippen LogP contribution is 2.29. The molecule has 7 heteroatoms. The summed E-state index contributed by atoms with van der Waals surface area (Å²) in [6.45, 7) is 0.584. The Bertz CT molecular complexity index is 776. The lowest BCUT2D eigenvalue weighted by molar-refractivity contribution is 0.185. The SMILES string of the molecule is COCc1ccc(N(Cc2cccc(Cl)c2Cl)S(C)(=O)=O)cc1. The molecule has 0 unspecified atom stereocenters. The van der Waals surface area contributed by atoms with E-state index >= 15 is 0 Å². The first-order valence-electron chi connectivity index (χ1n) is 6.81. The molecule has 0 amide bonds. The maximum atomic E-state index is 12.2. The van der Waals surface area contributed by atoms with Crippen molar-refractivity contribution in [3.63, 3.8) is 0 Å². The molecule has 2 aromatic carbocycles. The van der Waals surface area contributed by atoms with E-state index in [1.165, 1.54) is 4.31 Å². The number of hydrogen-bond acceptors (Lipinski definition) is 3. The van der Waals surface area contributed by atoms with E-state index in [9.17, 15) is 8.42 Å². The Hall–Kier alpha value is -1.27. The summed E-state index contributed by atoms with van der Waals surface area (Å²) >= 11 is 12.2. The van der Waals surface area contributed by atoms with Gasteiger partial charge in [0, 0.05) is 7.11 Å². The number of rotatable bonds is 6. The van der Waals surface area contributed by atoms with Gasteiger partial charge in [0.1, 0.15) is 0 Å². The Balaban J connectivity index is 2.36. The molecule has 2 aromatic rings. The minimum Gasteiger partial charge on any atom is -0.380 e. The summed E-state index contributed by atoms with van der Waals surface area (Å²) in [5.74, 6) is 0. The fraction of sp³-hybridized carbons (Fsp3) is 0.250. The van der Waals surface area contributed by atoms with Crippen molar-refractivity contribution in [2.45, 2.75) is 13.2 Å². The highest BCUT2D eigenvalue weighted by molar-refractivity contribution is 7.92. The summed E-state index contributed by atoms with van der Waals surface area (Å²) in [6, 6.07) is 12.3. The number of methoxy groups -OCH3 is 1. The molecule has 0 aliphatic rings. The molecule has 0 aliphatic carbocycles. The van der Waals surface area contributed by atoms with Gasteiger partial charge in [0.2, 0.25) is 10.0 Å². The molecular formula is C16H17Cl2NO3S. The standard InChI is InChI=1S/C16H17Cl2NO3S/c1-22-11-12-6-8-14(9-7-12)19(23(2,20)21)10-13-4-3-5-15(17)16(13)18/h3-9H,10-11H2,1-2H3. The van der Waals surface area contributed by atoms with Crippen molar-refractivity contribution in [3.05, 3.63) is 63.6 Å². The van der Waals surface area contributed by atoms with E-state index < -0.39 is 10.0 Å². The van der Waals surface area contributed by atoms with Gasteiger partial charge in [0.05, 0.1) is 35.1 Å². The Morgan fingerprint density at radius 2 is 1.74 bits per heavy atom. The van der Waals surface area contributed by atoms with E-state index in [2.05, 4.69) is 0 Å². The van der Waals surface area contributed by atoms with Crippen LogP contribution in [0.5, 0.6) is 0 Å². The molecule has 0 N–H and O–H groups in total. The molecule has 0 saturated carbocycles. The quantitative estimate of drug-likeness (QED) is 0.765. The number of hydrogen-bond donors (Lipinski definition) is 0. The van der Waals surface area contributed by atoms with Crippen molar-refractivity contribution in [2.24, 2.45) is 0 Å². The normalized spacial score (nSPS) is 11.5. The lowest BCUT2D eigenvalue weighted by Gasteiger charge is -2.23. The minimum absolute atomic E-state index is 0.113. The summed E-state index contributed by atoms with van der Waals surface area (Å²) in [4.78, 5) is 0. The molecule has 0 bridgehead atoms.